The zero-order chi connectivity index (χ0) is 15.7. The molecule has 1 aromatic carbocycles. The first-order valence-electron chi connectivity index (χ1n) is 6.81. The highest BCUT2D eigenvalue weighted by atomic mass is 32.2. The highest BCUT2D eigenvalue weighted by molar-refractivity contribution is 7.98. The van der Waals surface area contributed by atoms with Gasteiger partial charge < -0.3 is 9.84 Å². The van der Waals surface area contributed by atoms with Gasteiger partial charge in [-0.1, -0.05) is 0 Å². The van der Waals surface area contributed by atoms with Crippen molar-refractivity contribution in [2.24, 2.45) is 0 Å². The van der Waals surface area contributed by atoms with E-state index in [1.807, 2.05) is 6.26 Å². The maximum atomic E-state index is 12.3. The number of thioether (sulfide) groups is 1. The molecule has 0 aliphatic heterocycles. The lowest BCUT2D eigenvalue weighted by Gasteiger charge is -2.12. The largest absolute Gasteiger partial charge is 0.497 e. The van der Waals surface area contributed by atoms with E-state index in [0.717, 1.165) is 18.6 Å². The van der Waals surface area contributed by atoms with Crippen LogP contribution in [0, 0.1) is 0 Å². The van der Waals surface area contributed by atoms with Crippen LogP contribution < -0.4 is 9.46 Å². The maximum Gasteiger partial charge on any atom is 0.240 e. The van der Waals surface area contributed by atoms with Crippen molar-refractivity contribution in [3.05, 3.63) is 23.8 Å². The molecule has 0 fully saturated rings. The molecule has 1 aromatic rings. The lowest BCUT2D eigenvalue weighted by Crippen LogP contribution is -2.26. The molecule has 0 atom stereocenters. The summed E-state index contributed by atoms with van der Waals surface area (Å²) < 4.78 is 32.3. The Morgan fingerprint density at radius 2 is 2.10 bits per heavy atom. The van der Waals surface area contributed by atoms with Crippen molar-refractivity contribution in [3.8, 4) is 5.75 Å². The van der Waals surface area contributed by atoms with Crippen LogP contribution in [0.15, 0.2) is 23.1 Å². The molecular formula is C14H23NO4S2. The van der Waals surface area contributed by atoms with Crippen molar-refractivity contribution in [2.45, 2.75) is 24.2 Å². The van der Waals surface area contributed by atoms with E-state index in [-0.39, 0.29) is 17.9 Å². The maximum absolute atomic E-state index is 12.3. The standard InChI is InChI=1S/C14H23NO4S2/c1-19-13-5-6-14(12(11-13)7-9-16)21(17,18)15-8-3-4-10-20-2/h5-6,11,15-16H,3-4,7-10H2,1-2H3. The van der Waals surface area contributed by atoms with Crippen LogP contribution in [0.3, 0.4) is 0 Å². The average Bonchev–Trinajstić information content (AvgIpc) is 2.47. The molecule has 0 aliphatic carbocycles. The lowest BCUT2D eigenvalue weighted by atomic mass is 10.1. The van der Waals surface area contributed by atoms with E-state index in [9.17, 15) is 8.42 Å². The molecular weight excluding hydrogens is 310 g/mol. The number of aliphatic hydroxyl groups excluding tert-OH is 1. The summed E-state index contributed by atoms with van der Waals surface area (Å²) in [5, 5.41) is 9.09. The zero-order valence-electron chi connectivity index (χ0n) is 12.5. The smallest absolute Gasteiger partial charge is 0.240 e. The van der Waals surface area contributed by atoms with Crippen molar-refractivity contribution in [1.82, 2.24) is 4.72 Å². The van der Waals surface area contributed by atoms with E-state index in [4.69, 9.17) is 9.84 Å². The zero-order valence-corrected chi connectivity index (χ0v) is 14.1. The summed E-state index contributed by atoms with van der Waals surface area (Å²) in [5.41, 5.74) is 0.563. The van der Waals surface area contributed by atoms with E-state index in [2.05, 4.69) is 4.72 Å². The molecule has 21 heavy (non-hydrogen) atoms. The van der Waals surface area contributed by atoms with Crippen LogP contribution in [-0.4, -0.2) is 45.8 Å². The average molecular weight is 333 g/mol. The molecule has 1 rings (SSSR count). The van der Waals surface area contributed by atoms with Gasteiger partial charge in [-0.3, -0.25) is 0 Å². The molecule has 0 radical (unpaired) electrons. The van der Waals surface area contributed by atoms with Gasteiger partial charge >= 0.3 is 0 Å². The predicted molar refractivity (Wildman–Crippen MR) is 86.6 cm³/mol. The van der Waals surface area contributed by atoms with Gasteiger partial charge in [-0.25, -0.2) is 13.1 Å². The summed E-state index contributed by atoms with van der Waals surface area (Å²) in [6.45, 7) is 0.316. The first-order chi connectivity index (χ1) is 10.0. The van der Waals surface area contributed by atoms with Crippen LogP contribution >= 0.6 is 11.8 Å². The fourth-order valence-electron chi connectivity index (χ4n) is 1.92. The monoisotopic (exact) mass is 333 g/mol. The third-order valence-corrected chi connectivity index (χ3v) is 5.26. The molecule has 0 amide bonds. The fraction of sp³-hybridized carbons (Fsp3) is 0.571. The number of hydrogen-bond acceptors (Lipinski definition) is 5. The van der Waals surface area contributed by atoms with Crippen LogP contribution in [0.25, 0.3) is 0 Å². The molecule has 0 aromatic heterocycles. The molecule has 5 nitrogen and oxygen atoms in total. The number of methoxy groups -OCH3 is 1. The van der Waals surface area contributed by atoms with Gasteiger partial charge in [0.2, 0.25) is 10.0 Å². The van der Waals surface area contributed by atoms with E-state index in [1.54, 1.807) is 23.9 Å². The van der Waals surface area contributed by atoms with Gasteiger partial charge in [0.05, 0.1) is 12.0 Å². The topological polar surface area (TPSA) is 75.6 Å². The van der Waals surface area contributed by atoms with Crippen molar-refractivity contribution in [1.29, 1.82) is 0 Å². The third kappa shape index (κ3) is 5.86. The normalized spacial score (nSPS) is 11.6. The number of nitrogens with one attached hydrogen (secondary N) is 1. The van der Waals surface area contributed by atoms with Crippen LogP contribution in [-0.2, 0) is 16.4 Å². The highest BCUT2D eigenvalue weighted by Gasteiger charge is 2.18. The van der Waals surface area contributed by atoms with Gasteiger partial charge in [0.25, 0.3) is 0 Å². The molecule has 0 saturated heterocycles. The summed E-state index contributed by atoms with van der Waals surface area (Å²) in [5.74, 6) is 1.61. The molecule has 7 heteroatoms. The second-order valence-electron chi connectivity index (χ2n) is 4.54. The number of unbranched alkanes of at least 4 members (excludes halogenated alkanes) is 1. The molecule has 0 bridgehead atoms. The van der Waals surface area contributed by atoms with Gasteiger partial charge in [0.1, 0.15) is 5.75 Å². The fourth-order valence-corrected chi connectivity index (χ4v) is 3.73. The number of hydrogen-bond donors (Lipinski definition) is 2. The van der Waals surface area contributed by atoms with Crippen LogP contribution in [0.2, 0.25) is 0 Å². The van der Waals surface area contributed by atoms with E-state index < -0.39 is 10.0 Å². The second kappa shape index (κ2) is 9.30. The molecule has 0 aliphatic rings. The van der Waals surface area contributed by atoms with Crippen LogP contribution in [0.5, 0.6) is 5.75 Å². The van der Waals surface area contributed by atoms with Gasteiger partial charge in [0.15, 0.2) is 0 Å². The summed E-state index contributed by atoms with van der Waals surface area (Å²) >= 11 is 1.75. The predicted octanol–water partition coefficient (Wildman–Crippen LogP) is 1.65. The highest BCUT2D eigenvalue weighted by Crippen LogP contribution is 2.22. The first kappa shape index (κ1) is 18.3. The summed E-state index contributed by atoms with van der Waals surface area (Å²) in [6, 6.07) is 4.79. The van der Waals surface area contributed by atoms with E-state index >= 15 is 0 Å². The van der Waals surface area contributed by atoms with Crippen molar-refractivity contribution >= 4 is 21.8 Å². The third-order valence-electron chi connectivity index (χ3n) is 3.01. The molecule has 0 unspecified atom stereocenters. The van der Waals surface area contributed by atoms with Crippen LogP contribution in [0.1, 0.15) is 18.4 Å². The number of rotatable bonds is 10. The minimum absolute atomic E-state index is 0.108. The van der Waals surface area contributed by atoms with E-state index in [1.165, 1.54) is 13.2 Å². The Hall–Kier alpha value is -0.760. The lowest BCUT2D eigenvalue weighted by molar-refractivity contribution is 0.298. The minimum atomic E-state index is -3.55. The molecule has 120 valence electrons. The van der Waals surface area contributed by atoms with Crippen molar-refractivity contribution in [3.63, 3.8) is 0 Å². The Morgan fingerprint density at radius 3 is 2.71 bits per heavy atom. The SMILES string of the molecule is COc1ccc(S(=O)(=O)NCCCCSC)c(CCO)c1. The van der Waals surface area contributed by atoms with Gasteiger partial charge in [-0.2, -0.15) is 11.8 Å². The molecule has 2 N–H and O–H groups in total. The molecule has 0 spiro atoms. The van der Waals surface area contributed by atoms with Gasteiger partial charge in [-0.05, 0) is 55.0 Å². The van der Waals surface area contributed by atoms with E-state index in [0.29, 0.717) is 17.9 Å². The van der Waals surface area contributed by atoms with Crippen molar-refractivity contribution < 1.29 is 18.3 Å². The quantitative estimate of drug-likeness (QED) is 0.637. The van der Waals surface area contributed by atoms with Crippen LogP contribution in [0.4, 0.5) is 0 Å². The Kier molecular flexibility index (Phi) is 8.10. The number of ether oxygens (including phenoxy) is 1. The van der Waals surface area contributed by atoms with Gasteiger partial charge in [0, 0.05) is 13.2 Å². The summed E-state index contributed by atoms with van der Waals surface area (Å²) in [7, 11) is -2.02. The van der Waals surface area contributed by atoms with Gasteiger partial charge in [-0.15, -0.1) is 0 Å². The summed E-state index contributed by atoms with van der Waals surface area (Å²) in [6.07, 6.45) is 4.10. The summed E-state index contributed by atoms with van der Waals surface area (Å²) in [4.78, 5) is 0.210. The Bertz CT molecular complexity index is 532. The Balaban J connectivity index is 2.81. The second-order valence-corrected chi connectivity index (χ2v) is 7.27. The minimum Gasteiger partial charge on any atom is -0.497 e. The molecule has 0 heterocycles. The Labute approximate surface area is 131 Å². The first-order valence-corrected chi connectivity index (χ1v) is 9.69. The number of aliphatic hydroxyl groups is 1. The molecule has 0 saturated carbocycles. The number of benzene rings is 1. The number of sulfonamides is 1. The Morgan fingerprint density at radius 1 is 1.33 bits per heavy atom. The van der Waals surface area contributed by atoms with Crippen molar-refractivity contribution in [2.75, 3.05) is 32.3 Å².